The molecule has 0 spiro atoms. The predicted octanol–water partition coefficient (Wildman–Crippen LogP) is 1.62. The van der Waals surface area contributed by atoms with Gasteiger partial charge in [-0.2, -0.15) is 0 Å². The Morgan fingerprint density at radius 3 is 2.33 bits per heavy atom. The Bertz CT molecular complexity index is 519. The predicted molar refractivity (Wildman–Crippen MR) is 79.8 cm³/mol. The SMILES string of the molecule is COc1ccc(CNC(=O)C(C)(C)C(=O)NC2CC2)cc1. The van der Waals surface area contributed by atoms with Crippen LogP contribution in [-0.4, -0.2) is 25.0 Å². The van der Waals surface area contributed by atoms with Gasteiger partial charge in [-0.3, -0.25) is 9.59 Å². The highest BCUT2D eigenvalue weighted by Crippen LogP contribution is 2.23. The van der Waals surface area contributed by atoms with E-state index < -0.39 is 5.41 Å². The lowest BCUT2D eigenvalue weighted by Gasteiger charge is -2.22. The normalized spacial score (nSPS) is 14.4. The highest BCUT2D eigenvalue weighted by Gasteiger charge is 2.38. The molecule has 0 saturated heterocycles. The van der Waals surface area contributed by atoms with Gasteiger partial charge in [0.25, 0.3) is 0 Å². The number of hydrogen-bond acceptors (Lipinski definition) is 3. The third kappa shape index (κ3) is 3.97. The standard InChI is InChI=1S/C16H22N2O3/c1-16(2,15(20)18-12-6-7-12)14(19)17-10-11-4-8-13(21-3)9-5-11/h4-5,8-9,12H,6-7,10H2,1-3H3,(H,17,19)(H,18,20). The van der Waals surface area contributed by atoms with Gasteiger partial charge >= 0.3 is 0 Å². The maximum atomic E-state index is 12.2. The Morgan fingerprint density at radius 2 is 1.81 bits per heavy atom. The number of nitrogens with one attached hydrogen (secondary N) is 2. The van der Waals surface area contributed by atoms with Crippen molar-refractivity contribution in [2.24, 2.45) is 5.41 Å². The molecule has 2 rings (SSSR count). The van der Waals surface area contributed by atoms with Gasteiger partial charge in [-0.15, -0.1) is 0 Å². The molecule has 1 aliphatic rings. The summed E-state index contributed by atoms with van der Waals surface area (Å²) in [6.07, 6.45) is 2.02. The van der Waals surface area contributed by atoms with Crippen LogP contribution in [0.15, 0.2) is 24.3 Å². The summed E-state index contributed by atoms with van der Waals surface area (Å²) in [5.41, 5.74) is -0.0998. The number of methoxy groups -OCH3 is 1. The van der Waals surface area contributed by atoms with Gasteiger partial charge in [-0.05, 0) is 44.4 Å². The minimum atomic E-state index is -1.06. The fraction of sp³-hybridized carbons (Fsp3) is 0.500. The highest BCUT2D eigenvalue weighted by atomic mass is 16.5. The van der Waals surface area contributed by atoms with Crippen LogP contribution in [0.25, 0.3) is 0 Å². The fourth-order valence-electron chi connectivity index (χ4n) is 1.84. The second-order valence-corrected chi connectivity index (χ2v) is 5.90. The fourth-order valence-corrected chi connectivity index (χ4v) is 1.84. The van der Waals surface area contributed by atoms with Crippen LogP contribution < -0.4 is 15.4 Å². The van der Waals surface area contributed by atoms with Crippen molar-refractivity contribution in [3.8, 4) is 5.75 Å². The molecular weight excluding hydrogens is 268 g/mol. The topological polar surface area (TPSA) is 67.4 Å². The van der Waals surface area contributed by atoms with Crippen molar-refractivity contribution in [2.75, 3.05) is 7.11 Å². The molecule has 0 unspecified atom stereocenters. The van der Waals surface area contributed by atoms with Gasteiger partial charge < -0.3 is 15.4 Å². The summed E-state index contributed by atoms with van der Waals surface area (Å²) in [6.45, 7) is 3.69. The van der Waals surface area contributed by atoms with Crippen molar-refractivity contribution < 1.29 is 14.3 Å². The third-order valence-electron chi connectivity index (χ3n) is 3.66. The van der Waals surface area contributed by atoms with E-state index in [2.05, 4.69) is 10.6 Å². The smallest absolute Gasteiger partial charge is 0.235 e. The molecule has 0 atom stereocenters. The number of benzene rings is 1. The summed E-state index contributed by atoms with van der Waals surface area (Å²) >= 11 is 0. The van der Waals surface area contributed by atoms with E-state index >= 15 is 0 Å². The first-order valence-electron chi connectivity index (χ1n) is 7.15. The van der Waals surface area contributed by atoms with Crippen LogP contribution >= 0.6 is 0 Å². The van der Waals surface area contributed by atoms with Gasteiger partial charge in [0.1, 0.15) is 11.2 Å². The molecule has 0 aromatic heterocycles. The van der Waals surface area contributed by atoms with E-state index in [1.54, 1.807) is 21.0 Å². The number of carbonyl (C=O) groups excluding carboxylic acids is 2. The Balaban J connectivity index is 1.88. The zero-order valence-electron chi connectivity index (χ0n) is 12.7. The van der Waals surface area contributed by atoms with Crippen LogP contribution in [0, 0.1) is 5.41 Å². The van der Waals surface area contributed by atoms with Crippen molar-refractivity contribution >= 4 is 11.8 Å². The van der Waals surface area contributed by atoms with Gasteiger partial charge in [-0.1, -0.05) is 12.1 Å². The van der Waals surface area contributed by atoms with Crippen LogP contribution in [0.4, 0.5) is 0 Å². The van der Waals surface area contributed by atoms with Gasteiger partial charge in [0, 0.05) is 12.6 Å². The Hall–Kier alpha value is -2.04. The van der Waals surface area contributed by atoms with E-state index in [1.807, 2.05) is 24.3 Å². The second kappa shape index (κ2) is 6.16. The van der Waals surface area contributed by atoms with Crippen LogP contribution in [0.3, 0.4) is 0 Å². The summed E-state index contributed by atoms with van der Waals surface area (Å²) in [5.74, 6) is 0.294. The summed E-state index contributed by atoms with van der Waals surface area (Å²) in [4.78, 5) is 24.3. The number of rotatable bonds is 6. The molecule has 1 aliphatic carbocycles. The third-order valence-corrected chi connectivity index (χ3v) is 3.66. The van der Waals surface area contributed by atoms with Crippen LogP contribution in [-0.2, 0) is 16.1 Å². The molecule has 5 nitrogen and oxygen atoms in total. The van der Waals surface area contributed by atoms with E-state index in [9.17, 15) is 9.59 Å². The summed E-state index contributed by atoms with van der Waals surface area (Å²) in [6, 6.07) is 7.71. The molecule has 21 heavy (non-hydrogen) atoms. The van der Waals surface area contributed by atoms with Gasteiger partial charge in [-0.25, -0.2) is 0 Å². The molecule has 0 bridgehead atoms. The summed E-state index contributed by atoms with van der Waals surface area (Å²) in [5, 5.41) is 5.68. The molecule has 2 N–H and O–H groups in total. The molecule has 0 heterocycles. The molecule has 114 valence electrons. The van der Waals surface area contributed by atoms with Crippen molar-refractivity contribution in [1.82, 2.24) is 10.6 Å². The average molecular weight is 290 g/mol. The second-order valence-electron chi connectivity index (χ2n) is 5.90. The Morgan fingerprint density at radius 1 is 1.19 bits per heavy atom. The Kier molecular flexibility index (Phi) is 4.50. The van der Waals surface area contributed by atoms with Crippen LogP contribution in [0.1, 0.15) is 32.3 Å². The summed E-state index contributed by atoms with van der Waals surface area (Å²) < 4.78 is 5.08. The highest BCUT2D eigenvalue weighted by molar-refractivity contribution is 6.04. The molecule has 1 aromatic carbocycles. The molecule has 1 saturated carbocycles. The molecule has 2 amide bonds. The quantitative estimate of drug-likeness (QED) is 0.782. The number of amides is 2. The maximum Gasteiger partial charge on any atom is 0.235 e. The molecule has 0 aliphatic heterocycles. The minimum absolute atomic E-state index is 0.211. The monoisotopic (exact) mass is 290 g/mol. The van der Waals surface area contributed by atoms with Crippen molar-refractivity contribution in [2.45, 2.75) is 39.3 Å². The molecule has 0 radical (unpaired) electrons. The molecule has 1 aromatic rings. The van der Waals surface area contributed by atoms with E-state index in [0.29, 0.717) is 6.54 Å². The van der Waals surface area contributed by atoms with E-state index in [-0.39, 0.29) is 17.9 Å². The number of hydrogen-bond donors (Lipinski definition) is 2. The average Bonchev–Trinajstić information content (AvgIpc) is 3.29. The van der Waals surface area contributed by atoms with Crippen molar-refractivity contribution in [3.63, 3.8) is 0 Å². The summed E-state index contributed by atoms with van der Waals surface area (Å²) in [7, 11) is 1.61. The first-order chi connectivity index (χ1) is 9.93. The van der Waals surface area contributed by atoms with Crippen molar-refractivity contribution in [3.05, 3.63) is 29.8 Å². The largest absolute Gasteiger partial charge is 0.497 e. The van der Waals surface area contributed by atoms with Crippen LogP contribution in [0.2, 0.25) is 0 Å². The zero-order valence-corrected chi connectivity index (χ0v) is 12.7. The molecular formula is C16H22N2O3. The van der Waals surface area contributed by atoms with Gasteiger partial charge in [0.15, 0.2) is 0 Å². The van der Waals surface area contributed by atoms with Gasteiger partial charge in [0.2, 0.25) is 11.8 Å². The van der Waals surface area contributed by atoms with Crippen molar-refractivity contribution in [1.29, 1.82) is 0 Å². The van der Waals surface area contributed by atoms with E-state index in [0.717, 1.165) is 24.2 Å². The first-order valence-corrected chi connectivity index (χ1v) is 7.15. The number of carbonyl (C=O) groups is 2. The van der Waals surface area contributed by atoms with Gasteiger partial charge in [0.05, 0.1) is 7.11 Å². The molecule has 5 heteroatoms. The molecule has 1 fully saturated rings. The lowest BCUT2D eigenvalue weighted by atomic mass is 9.91. The minimum Gasteiger partial charge on any atom is -0.497 e. The Labute approximate surface area is 125 Å². The van der Waals surface area contributed by atoms with E-state index in [1.165, 1.54) is 0 Å². The zero-order chi connectivity index (χ0) is 15.5. The lowest BCUT2D eigenvalue weighted by molar-refractivity contribution is -0.141. The maximum absolute atomic E-state index is 12.2. The first kappa shape index (κ1) is 15.4. The lowest BCUT2D eigenvalue weighted by Crippen LogP contribution is -2.48. The van der Waals surface area contributed by atoms with E-state index in [4.69, 9.17) is 4.74 Å². The van der Waals surface area contributed by atoms with Crippen LogP contribution in [0.5, 0.6) is 5.75 Å². The number of ether oxygens (including phenoxy) is 1.